The average Bonchev–Trinajstić information content (AvgIpc) is 2.79. The first-order chi connectivity index (χ1) is 10.1. The maximum Gasteiger partial charge on any atom is 0.271 e. The summed E-state index contributed by atoms with van der Waals surface area (Å²) < 4.78 is 7.13. The summed E-state index contributed by atoms with van der Waals surface area (Å²) in [5.41, 5.74) is 7.41. The highest BCUT2D eigenvalue weighted by molar-refractivity contribution is 5.97. The van der Waals surface area contributed by atoms with E-state index in [1.54, 1.807) is 11.6 Å². The number of aryl methyl sites for hydroxylation is 2. The molecule has 0 aliphatic carbocycles. The zero-order chi connectivity index (χ0) is 15.2. The summed E-state index contributed by atoms with van der Waals surface area (Å²) in [7, 11) is 0. The number of hydrogen-bond acceptors (Lipinski definition) is 4. The quantitative estimate of drug-likeness (QED) is 0.791. The summed E-state index contributed by atoms with van der Waals surface area (Å²) in [4.78, 5) is 12.2. The topological polar surface area (TPSA) is 82.2 Å². The first kappa shape index (κ1) is 14.9. The van der Waals surface area contributed by atoms with E-state index >= 15 is 0 Å². The van der Waals surface area contributed by atoms with Gasteiger partial charge in [0.15, 0.2) is 0 Å². The highest BCUT2D eigenvalue weighted by Gasteiger charge is 2.18. The van der Waals surface area contributed by atoms with Crippen molar-refractivity contribution < 1.29 is 9.53 Å². The van der Waals surface area contributed by atoms with Crippen LogP contribution in [0.2, 0.25) is 0 Å². The van der Waals surface area contributed by atoms with E-state index in [1.165, 1.54) is 0 Å². The van der Waals surface area contributed by atoms with E-state index in [9.17, 15) is 4.79 Å². The van der Waals surface area contributed by atoms with E-state index in [2.05, 4.69) is 10.4 Å². The van der Waals surface area contributed by atoms with Gasteiger partial charge in [-0.05, 0) is 26.0 Å². The second-order valence-corrected chi connectivity index (χ2v) is 4.58. The molecule has 21 heavy (non-hydrogen) atoms. The van der Waals surface area contributed by atoms with Crippen molar-refractivity contribution in [2.24, 2.45) is 0 Å². The van der Waals surface area contributed by atoms with Gasteiger partial charge in [-0.3, -0.25) is 9.48 Å². The maximum absolute atomic E-state index is 12.2. The van der Waals surface area contributed by atoms with Crippen molar-refractivity contribution in [1.29, 1.82) is 0 Å². The predicted octanol–water partition coefficient (Wildman–Crippen LogP) is 1.60. The lowest BCUT2D eigenvalue weighted by Crippen LogP contribution is -2.30. The molecule has 1 amide bonds. The van der Waals surface area contributed by atoms with Crippen LogP contribution in [0.15, 0.2) is 30.3 Å². The van der Waals surface area contributed by atoms with Gasteiger partial charge in [0.05, 0.1) is 17.9 Å². The largest absolute Gasteiger partial charge is 0.492 e. The number of nitrogens with two attached hydrogens (primary N) is 1. The second kappa shape index (κ2) is 6.78. The molecule has 0 radical (unpaired) electrons. The Morgan fingerprint density at radius 1 is 1.38 bits per heavy atom. The fourth-order valence-corrected chi connectivity index (χ4v) is 2.00. The van der Waals surface area contributed by atoms with Gasteiger partial charge in [-0.25, -0.2) is 0 Å². The normalized spacial score (nSPS) is 10.4. The van der Waals surface area contributed by atoms with Crippen LogP contribution in [-0.2, 0) is 6.54 Å². The number of nitrogens with zero attached hydrogens (tertiary/aromatic N) is 2. The Morgan fingerprint density at radius 2 is 2.10 bits per heavy atom. The molecule has 0 bridgehead atoms. The lowest BCUT2D eigenvalue weighted by molar-refractivity contribution is 0.0937. The van der Waals surface area contributed by atoms with Gasteiger partial charge in [-0.15, -0.1) is 0 Å². The maximum atomic E-state index is 12.2. The molecule has 6 heteroatoms. The number of nitrogens with one attached hydrogen (secondary N) is 1. The number of carbonyl (C=O) groups is 1. The molecule has 6 nitrogen and oxygen atoms in total. The van der Waals surface area contributed by atoms with E-state index < -0.39 is 0 Å². The van der Waals surface area contributed by atoms with Crippen molar-refractivity contribution >= 4 is 11.6 Å². The predicted molar refractivity (Wildman–Crippen MR) is 81.3 cm³/mol. The fourth-order valence-electron chi connectivity index (χ4n) is 2.00. The Labute approximate surface area is 123 Å². The molecule has 0 aliphatic rings. The van der Waals surface area contributed by atoms with E-state index in [1.807, 2.05) is 37.3 Å². The van der Waals surface area contributed by atoms with E-state index in [4.69, 9.17) is 10.5 Å². The highest BCUT2D eigenvalue weighted by atomic mass is 16.5. The summed E-state index contributed by atoms with van der Waals surface area (Å²) in [6, 6.07) is 9.46. The monoisotopic (exact) mass is 288 g/mol. The Morgan fingerprint density at radius 3 is 2.76 bits per heavy atom. The van der Waals surface area contributed by atoms with Crippen LogP contribution in [0.3, 0.4) is 0 Å². The molecule has 2 aromatic rings. The summed E-state index contributed by atoms with van der Waals surface area (Å²) in [5, 5.41) is 7.02. The number of benzene rings is 1. The Hall–Kier alpha value is -2.50. The molecule has 0 saturated carbocycles. The number of amides is 1. The molecule has 0 aliphatic heterocycles. The van der Waals surface area contributed by atoms with Gasteiger partial charge in [0.1, 0.15) is 18.1 Å². The number of rotatable bonds is 6. The molecule has 1 heterocycles. The molecular formula is C15H20N4O2. The second-order valence-electron chi connectivity index (χ2n) is 4.58. The Balaban J connectivity index is 1.88. The molecule has 2 rings (SSSR count). The first-order valence-electron chi connectivity index (χ1n) is 6.92. The van der Waals surface area contributed by atoms with Crippen molar-refractivity contribution in [2.45, 2.75) is 20.4 Å². The van der Waals surface area contributed by atoms with Gasteiger partial charge in [-0.2, -0.15) is 5.10 Å². The zero-order valence-corrected chi connectivity index (χ0v) is 12.3. The third kappa shape index (κ3) is 3.53. The molecule has 0 fully saturated rings. The zero-order valence-electron chi connectivity index (χ0n) is 12.3. The summed E-state index contributed by atoms with van der Waals surface area (Å²) in [5.74, 6) is 0.548. The smallest absolute Gasteiger partial charge is 0.271 e. The van der Waals surface area contributed by atoms with Crippen LogP contribution in [0, 0.1) is 6.92 Å². The van der Waals surface area contributed by atoms with Crippen LogP contribution in [0.25, 0.3) is 0 Å². The van der Waals surface area contributed by atoms with E-state index in [-0.39, 0.29) is 5.91 Å². The molecule has 0 spiro atoms. The number of carbonyl (C=O) groups excluding carboxylic acids is 1. The highest BCUT2D eigenvalue weighted by Crippen LogP contribution is 2.16. The van der Waals surface area contributed by atoms with Gasteiger partial charge < -0.3 is 15.8 Å². The molecule has 112 valence electrons. The van der Waals surface area contributed by atoms with Crippen molar-refractivity contribution in [3.63, 3.8) is 0 Å². The number of para-hydroxylation sites is 1. The fraction of sp³-hybridized carbons (Fsp3) is 0.333. The molecular weight excluding hydrogens is 268 g/mol. The SMILES string of the molecule is CCn1nc(C)c(N)c1C(=O)NCCOc1ccccc1. The minimum Gasteiger partial charge on any atom is -0.492 e. The van der Waals surface area contributed by atoms with Crippen molar-refractivity contribution in [3.05, 3.63) is 41.7 Å². The third-order valence-corrected chi connectivity index (χ3v) is 3.09. The molecule has 3 N–H and O–H groups in total. The lowest BCUT2D eigenvalue weighted by atomic mass is 10.3. The van der Waals surface area contributed by atoms with Crippen LogP contribution >= 0.6 is 0 Å². The van der Waals surface area contributed by atoms with Crippen LogP contribution in [0.4, 0.5) is 5.69 Å². The van der Waals surface area contributed by atoms with Crippen LogP contribution < -0.4 is 15.8 Å². The Kier molecular flexibility index (Phi) is 4.81. The van der Waals surface area contributed by atoms with Crippen LogP contribution in [-0.4, -0.2) is 28.8 Å². The molecule has 0 atom stereocenters. The van der Waals surface area contributed by atoms with E-state index in [0.29, 0.717) is 36.8 Å². The number of hydrogen-bond donors (Lipinski definition) is 2. The van der Waals surface area contributed by atoms with Gasteiger partial charge >= 0.3 is 0 Å². The van der Waals surface area contributed by atoms with Gasteiger partial charge in [-0.1, -0.05) is 18.2 Å². The van der Waals surface area contributed by atoms with Gasteiger partial charge in [0.2, 0.25) is 0 Å². The number of nitrogen functional groups attached to an aromatic ring is 1. The minimum absolute atomic E-state index is 0.230. The minimum atomic E-state index is -0.230. The number of aromatic nitrogens is 2. The molecule has 1 aromatic heterocycles. The van der Waals surface area contributed by atoms with Crippen molar-refractivity contribution in [2.75, 3.05) is 18.9 Å². The molecule has 0 saturated heterocycles. The summed E-state index contributed by atoms with van der Waals surface area (Å²) >= 11 is 0. The Bertz CT molecular complexity index is 608. The van der Waals surface area contributed by atoms with E-state index in [0.717, 1.165) is 5.75 Å². The number of anilines is 1. The summed E-state index contributed by atoms with van der Waals surface area (Å²) in [6.07, 6.45) is 0. The lowest BCUT2D eigenvalue weighted by Gasteiger charge is -2.09. The van der Waals surface area contributed by atoms with Gasteiger partial charge in [0, 0.05) is 6.54 Å². The van der Waals surface area contributed by atoms with Crippen molar-refractivity contribution in [1.82, 2.24) is 15.1 Å². The molecule has 1 aromatic carbocycles. The standard InChI is InChI=1S/C15H20N4O2/c1-3-19-14(13(16)11(2)18-19)15(20)17-9-10-21-12-7-5-4-6-8-12/h4-8H,3,9-10,16H2,1-2H3,(H,17,20). The molecule has 0 unspecified atom stereocenters. The van der Waals surface area contributed by atoms with Crippen LogP contribution in [0.5, 0.6) is 5.75 Å². The van der Waals surface area contributed by atoms with Crippen LogP contribution in [0.1, 0.15) is 23.1 Å². The summed E-state index contributed by atoms with van der Waals surface area (Å²) in [6.45, 7) is 5.11. The van der Waals surface area contributed by atoms with Gasteiger partial charge in [0.25, 0.3) is 5.91 Å². The third-order valence-electron chi connectivity index (χ3n) is 3.09. The first-order valence-corrected chi connectivity index (χ1v) is 6.92. The number of ether oxygens (including phenoxy) is 1. The average molecular weight is 288 g/mol. The van der Waals surface area contributed by atoms with Crippen molar-refractivity contribution in [3.8, 4) is 5.75 Å².